The van der Waals surface area contributed by atoms with Crippen molar-refractivity contribution >= 4 is 0 Å². The number of aliphatic hydroxyl groups excluding tert-OH is 1. The molecule has 0 aliphatic heterocycles. The fourth-order valence-corrected chi connectivity index (χ4v) is 2.23. The van der Waals surface area contributed by atoms with Crippen LogP contribution < -0.4 is 5.73 Å². The van der Waals surface area contributed by atoms with Crippen molar-refractivity contribution in [3.63, 3.8) is 0 Å². The van der Waals surface area contributed by atoms with E-state index in [9.17, 15) is 5.11 Å². The number of hydrogen-bond donors (Lipinski definition) is 2. The van der Waals surface area contributed by atoms with E-state index < -0.39 is 0 Å². The Morgan fingerprint density at radius 1 is 1.27 bits per heavy atom. The van der Waals surface area contributed by atoms with E-state index in [4.69, 9.17) is 10.5 Å². The van der Waals surface area contributed by atoms with Crippen molar-refractivity contribution < 1.29 is 9.84 Å². The van der Waals surface area contributed by atoms with E-state index in [0.29, 0.717) is 19.6 Å². The standard InChI is InChI=1S/C12H25NO2/c1-11(14)6-9-15-12(10-13)7-4-2-3-5-8-12/h11,14H,2-10,13H2,1H3. The van der Waals surface area contributed by atoms with Crippen molar-refractivity contribution in [1.82, 2.24) is 0 Å². The third-order valence-electron chi connectivity index (χ3n) is 3.33. The van der Waals surface area contributed by atoms with Crippen molar-refractivity contribution in [3.05, 3.63) is 0 Å². The lowest BCUT2D eigenvalue weighted by Crippen LogP contribution is -2.40. The van der Waals surface area contributed by atoms with Crippen LogP contribution in [0.15, 0.2) is 0 Å². The molecule has 0 aromatic rings. The Hall–Kier alpha value is -0.120. The fourth-order valence-electron chi connectivity index (χ4n) is 2.23. The van der Waals surface area contributed by atoms with Gasteiger partial charge >= 0.3 is 0 Å². The predicted molar refractivity (Wildman–Crippen MR) is 61.7 cm³/mol. The summed E-state index contributed by atoms with van der Waals surface area (Å²) < 4.78 is 5.93. The van der Waals surface area contributed by atoms with Crippen molar-refractivity contribution in [3.8, 4) is 0 Å². The summed E-state index contributed by atoms with van der Waals surface area (Å²) in [5, 5.41) is 9.18. The Morgan fingerprint density at radius 3 is 2.33 bits per heavy atom. The average Bonchev–Trinajstić information content (AvgIpc) is 2.44. The van der Waals surface area contributed by atoms with Gasteiger partial charge in [0.25, 0.3) is 0 Å². The quantitative estimate of drug-likeness (QED) is 0.688. The third kappa shape index (κ3) is 4.49. The van der Waals surface area contributed by atoms with Crippen LogP contribution in [0.5, 0.6) is 0 Å². The van der Waals surface area contributed by atoms with Gasteiger partial charge in [-0.3, -0.25) is 0 Å². The van der Waals surface area contributed by atoms with Gasteiger partial charge < -0.3 is 15.6 Å². The number of aliphatic hydroxyl groups is 1. The van der Waals surface area contributed by atoms with Gasteiger partial charge in [-0.25, -0.2) is 0 Å². The topological polar surface area (TPSA) is 55.5 Å². The number of rotatable bonds is 5. The van der Waals surface area contributed by atoms with E-state index in [1.54, 1.807) is 6.92 Å². The molecule has 90 valence electrons. The van der Waals surface area contributed by atoms with Crippen LogP contribution in [0.4, 0.5) is 0 Å². The van der Waals surface area contributed by atoms with E-state index in [0.717, 1.165) is 12.8 Å². The molecule has 1 aliphatic rings. The van der Waals surface area contributed by atoms with Crippen LogP contribution in [-0.2, 0) is 4.74 Å². The second-order valence-corrected chi connectivity index (χ2v) is 4.79. The lowest BCUT2D eigenvalue weighted by molar-refractivity contribution is -0.0582. The summed E-state index contributed by atoms with van der Waals surface area (Å²) in [6.07, 6.45) is 7.68. The molecule has 1 saturated carbocycles. The second-order valence-electron chi connectivity index (χ2n) is 4.79. The van der Waals surface area contributed by atoms with Gasteiger partial charge in [-0.05, 0) is 26.2 Å². The van der Waals surface area contributed by atoms with Gasteiger partial charge in [0.1, 0.15) is 0 Å². The second kappa shape index (κ2) is 6.46. The van der Waals surface area contributed by atoms with E-state index in [2.05, 4.69) is 0 Å². The molecule has 3 nitrogen and oxygen atoms in total. The molecule has 0 aromatic heterocycles. The zero-order valence-electron chi connectivity index (χ0n) is 9.87. The van der Waals surface area contributed by atoms with E-state index in [1.807, 2.05) is 0 Å². The van der Waals surface area contributed by atoms with Gasteiger partial charge in [0.05, 0.1) is 11.7 Å². The van der Waals surface area contributed by atoms with Crippen LogP contribution >= 0.6 is 0 Å². The first-order valence-corrected chi connectivity index (χ1v) is 6.21. The smallest absolute Gasteiger partial charge is 0.0804 e. The van der Waals surface area contributed by atoms with Crippen molar-refractivity contribution in [1.29, 1.82) is 0 Å². The lowest BCUT2D eigenvalue weighted by Gasteiger charge is -2.32. The van der Waals surface area contributed by atoms with Gasteiger partial charge in [-0.2, -0.15) is 0 Å². The van der Waals surface area contributed by atoms with Crippen LogP contribution in [0.2, 0.25) is 0 Å². The van der Waals surface area contributed by atoms with Gasteiger partial charge in [0.2, 0.25) is 0 Å². The summed E-state index contributed by atoms with van der Waals surface area (Å²) in [6, 6.07) is 0. The third-order valence-corrected chi connectivity index (χ3v) is 3.33. The highest BCUT2D eigenvalue weighted by atomic mass is 16.5. The SMILES string of the molecule is CC(O)CCOC1(CN)CCCCCC1. The molecule has 0 aromatic carbocycles. The highest BCUT2D eigenvalue weighted by molar-refractivity contribution is 4.84. The summed E-state index contributed by atoms with van der Waals surface area (Å²) in [5.74, 6) is 0. The van der Waals surface area contributed by atoms with Crippen molar-refractivity contribution in [2.45, 2.75) is 63.6 Å². The van der Waals surface area contributed by atoms with Gasteiger partial charge in [-0.15, -0.1) is 0 Å². The first-order chi connectivity index (χ1) is 7.18. The lowest BCUT2D eigenvalue weighted by atomic mass is 9.94. The van der Waals surface area contributed by atoms with Crippen LogP contribution in [0.1, 0.15) is 51.9 Å². The molecule has 0 radical (unpaired) electrons. The monoisotopic (exact) mass is 215 g/mol. The largest absolute Gasteiger partial charge is 0.393 e. The minimum absolute atomic E-state index is 0.0919. The number of hydrogen-bond acceptors (Lipinski definition) is 3. The molecule has 15 heavy (non-hydrogen) atoms. The first kappa shape index (κ1) is 12.9. The Morgan fingerprint density at radius 2 is 1.87 bits per heavy atom. The Balaban J connectivity index is 2.36. The predicted octanol–water partition coefficient (Wildman–Crippen LogP) is 1.83. The summed E-state index contributed by atoms with van der Waals surface area (Å²) >= 11 is 0. The van der Waals surface area contributed by atoms with E-state index in [-0.39, 0.29) is 11.7 Å². The van der Waals surface area contributed by atoms with Crippen molar-refractivity contribution in [2.24, 2.45) is 5.73 Å². The minimum atomic E-state index is -0.273. The summed E-state index contributed by atoms with van der Waals surface area (Å²) in [6.45, 7) is 3.05. The zero-order valence-corrected chi connectivity index (χ0v) is 9.87. The zero-order chi connectivity index (χ0) is 11.1. The van der Waals surface area contributed by atoms with Gasteiger partial charge in [0, 0.05) is 13.2 Å². The van der Waals surface area contributed by atoms with Crippen LogP contribution in [0, 0.1) is 0 Å². The molecular formula is C12H25NO2. The summed E-state index contributed by atoms with van der Waals surface area (Å²) in [5.41, 5.74) is 5.75. The molecule has 0 heterocycles. The molecule has 1 atom stereocenters. The molecular weight excluding hydrogens is 190 g/mol. The minimum Gasteiger partial charge on any atom is -0.393 e. The molecule has 1 rings (SSSR count). The summed E-state index contributed by atoms with van der Waals surface area (Å²) in [4.78, 5) is 0. The van der Waals surface area contributed by atoms with Crippen LogP contribution in [0.3, 0.4) is 0 Å². The Kier molecular flexibility index (Phi) is 5.58. The molecule has 1 aliphatic carbocycles. The Bertz CT molecular complexity index is 163. The molecule has 0 saturated heterocycles. The molecule has 0 bridgehead atoms. The molecule has 1 fully saturated rings. The maximum atomic E-state index is 9.18. The molecule has 0 spiro atoms. The maximum Gasteiger partial charge on any atom is 0.0804 e. The summed E-state index contributed by atoms with van der Waals surface area (Å²) in [7, 11) is 0. The molecule has 1 unspecified atom stereocenters. The molecule has 3 heteroatoms. The van der Waals surface area contributed by atoms with Crippen molar-refractivity contribution in [2.75, 3.05) is 13.2 Å². The molecule has 3 N–H and O–H groups in total. The van der Waals surface area contributed by atoms with E-state index in [1.165, 1.54) is 25.7 Å². The van der Waals surface area contributed by atoms with Gasteiger partial charge in [-0.1, -0.05) is 25.7 Å². The number of nitrogens with two attached hydrogens (primary N) is 1. The molecule has 0 amide bonds. The van der Waals surface area contributed by atoms with Gasteiger partial charge in [0.15, 0.2) is 0 Å². The normalized spacial score (nSPS) is 23.4. The first-order valence-electron chi connectivity index (χ1n) is 6.21. The average molecular weight is 215 g/mol. The van der Waals surface area contributed by atoms with Crippen LogP contribution in [-0.4, -0.2) is 30.0 Å². The number of ether oxygens (including phenoxy) is 1. The fraction of sp³-hybridized carbons (Fsp3) is 1.00. The highest BCUT2D eigenvalue weighted by Crippen LogP contribution is 2.29. The van der Waals surface area contributed by atoms with E-state index >= 15 is 0 Å². The van der Waals surface area contributed by atoms with Crippen LogP contribution in [0.25, 0.3) is 0 Å². The Labute approximate surface area is 93.0 Å². The maximum absolute atomic E-state index is 9.18. The highest BCUT2D eigenvalue weighted by Gasteiger charge is 2.30.